The maximum atomic E-state index is 12.1. The second kappa shape index (κ2) is 9.15. The van der Waals surface area contributed by atoms with Gasteiger partial charge in [-0.25, -0.2) is 8.42 Å². The molecule has 0 spiro atoms. The van der Waals surface area contributed by atoms with E-state index in [1.165, 1.54) is 4.31 Å². The predicted molar refractivity (Wildman–Crippen MR) is 112 cm³/mol. The molecule has 156 valence electrons. The van der Waals surface area contributed by atoms with E-state index in [1.807, 2.05) is 6.26 Å². The summed E-state index contributed by atoms with van der Waals surface area (Å²) in [5.74, 6) is -0.995. The van der Waals surface area contributed by atoms with Gasteiger partial charge in [0, 0.05) is 18.8 Å². The zero-order valence-electron chi connectivity index (χ0n) is 16.3. The number of nitrogens with one attached hydrogen (secondary N) is 2. The maximum absolute atomic E-state index is 12.1. The number of anilines is 2. The fourth-order valence-corrected chi connectivity index (χ4v) is 4.54. The molecule has 2 rings (SSSR count). The Morgan fingerprint density at radius 2 is 2.04 bits per heavy atom. The zero-order chi connectivity index (χ0) is 20.9. The van der Waals surface area contributed by atoms with Gasteiger partial charge in [0.05, 0.1) is 17.5 Å². The number of nitrogens with zero attached hydrogens (tertiary/aromatic N) is 1. The second-order valence-corrected chi connectivity index (χ2v) is 10.1. The SMILES string of the molecule is CSCC[C@@](C)(O)CNC(=O)C(=O)Nc1ccc2c(c1)N(S(C)(=O)=O)CCC2. The number of rotatable bonds is 7. The largest absolute Gasteiger partial charge is 0.388 e. The van der Waals surface area contributed by atoms with Crippen molar-refractivity contribution in [3.8, 4) is 0 Å². The molecule has 2 amide bonds. The first-order chi connectivity index (χ1) is 13.0. The minimum absolute atomic E-state index is 0.0359. The topological polar surface area (TPSA) is 116 Å². The molecule has 0 saturated heterocycles. The Hall–Kier alpha value is -1.78. The third-order valence-corrected chi connectivity index (χ3v) is 6.29. The van der Waals surface area contributed by atoms with Crippen LogP contribution in [0, 0.1) is 0 Å². The first-order valence-corrected chi connectivity index (χ1v) is 12.2. The Morgan fingerprint density at radius 3 is 2.68 bits per heavy atom. The van der Waals surface area contributed by atoms with E-state index in [0.717, 1.165) is 30.4 Å². The number of sulfonamides is 1. The van der Waals surface area contributed by atoms with Crippen LogP contribution in [0.15, 0.2) is 18.2 Å². The van der Waals surface area contributed by atoms with Gasteiger partial charge in [-0.15, -0.1) is 0 Å². The van der Waals surface area contributed by atoms with Gasteiger partial charge in [0.15, 0.2) is 0 Å². The van der Waals surface area contributed by atoms with E-state index in [1.54, 1.807) is 36.9 Å². The molecule has 8 nitrogen and oxygen atoms in total. The van der Waals surface area contributed by atoms with Gasteiger partial charge >= 0.3 is 11.8 Å². The average Bonchev–Trinajstić information content (AvgIpc) is 2.63. The molecule has 1 aliphatic heterocycles. The van der Waals surface area contributed by atoms with Crippen molar-refractivity contribution < 1.29 is 23.1 Å². The van der Waals surface area contributed by atoms with Gasteiger partial charge in [0.1, 0.15) is 0 Å². The van der Waals surface area contributed by atoms with Gasteiger partial charge in [-0.3, -0.25) is 13.9 Å². The van der Waals surface area contributed by atoms with Crippen LogP contribution in [-0.4, -0.2) is 62.3 Å². The molecule has 10 heteroatoms. The van der Waals surface area contributed by atoms with Crippen LogP contribution in [0.3, 0.4) is 0 Å². The predicted octanol–water partition coefficient (Wildman–Crippen LogP) is 0.958. The normalized spacial score (nSPS) is 16.1. The van der Waals surface area contributed by atoms with E-state index in [-0.39, 0.29) is 6.54 Å². The number of hydrogen-bond acceptors (Lipinski definition) is 6. The fourth-order valence-electron chi connectivity index (χ4n) is 2.91. The Balaban J connectivity index is 2.03. The number of carbonyl (C=O) groups is 2. The van der Waals surface area contributed by atoms with E-state index in [2.05, 4.69) is 10.6 Å². The van der Waals surface area contributed by atoms with Crippen molar-refractivity contribution in [1.82, 2.24) is 5.32 Å². The molecule has 1 aromatic carbocycles. The summed E-state index contributed by atoms with van der Waals surface area (Å²) in [6.45, 7) is 1.95. The number of thioether (sulfide) groups is 1. The van der Waals surface area contributed by atoms with E-state index in [0.29, 0.717) is 24.3 Å². The molecule has 0 unspecified atom stereocenters. The molecular weight excluding hydrogens is 402 g/mol. The number of benzene rings is 1. The summed E-state index contributed by atoms with van der Waals surface area (Å²) in [5, 5.41) is 15.1. The van der Waals surface area contributed by atoms with E-state index in [9.17, 15) is 23.1 Å². The van der Waals surface area contributed by atoms with Crippen molar-refractivity contribution in [3.05, 3.63) is 23.8 Å². The molecule has 0 saturated carbocycles. The molecule has 0 bridgehead atoms. The van der Waals surface area contributed by atoms with Gasteiger partial charge in [-0.2, -0.15) is 11.8 Å². The Kier molecular flexibility index (Phi) is 7.35. The molecule has 1 aliphatic rings. The number of aryl methyl sites for hydroxylation is 1. The Labute approximate surface area is 170 Å². The molecule has 1 atom stereocenters. The van der Waals surface area contributed by atoms with Crippen molar-refractivity contribution in [2.45, 2.75) is 31.8 Å². The molecule has 0 aliphatic carbocycles. The second-order valence-electron chi connectivity index (χ2n) is 7.16. The van der Waals surface area contributed by atoms with Gasteiger partial charge < -0.3 is 15.7 Å². The summed E-state index contributed by atoms with van der Waals surface area (Å²) in [5.41, 5.74) is 0.639. The number of amides is 2. The minimum Gasteiger partial charge on any atom is -0.388 e. The van der Waals surface area contributed by atoms with Gasteiger partial charge in [-0.05, 0) is 55.9 Å². The van der Waals surface area contributed by atoms with Crippen molar-refractivity contribution in [2.75, 3.05) is 41.0 Å². The summed E-state index contributed by atoms with van der Waals surface area (Å²) in [4.78, 5) is 24.2. The lowest BCUT2D eigenvalue weighted by molar-refractivity contribution is -0.136. The highest BCUT2D eigenvalue weighted by Crippen LogP contribution is 2.31. The molecule has 28 heavy (non-hydrogen) atoms. The number of aliphatic hydroxyl groups is 1. The van der Waals surface area contributed by atoms with E-state index < -0.39 is 27.4 Å². The van der Waals surface area contributed by atoms with Crippen LogP contribution >= 0.6 is 11.8 Å². The van der Waals surface area contributed by atoms with Gasteiger partial charge in [-0.1, -0.05) is 6.07 Å². The van der Waals surface area contributed by atoms with Crippen LogP contribution in [0.4, 0.5) is 11.4 Å². The van der Waals surface area contributed by atoms with Crippen molar-refractivity contribution in [3.63, 3.8) is 0 Å². The molecule has 1 heterocycles. The zero-order valence-corrected chi connectivity index (χ0v) is 18.0. The van der Waals surface area contributed by atoms with Gasteiger partial charge in [0.25, 0.3) is 0 Å². The van der Waals surface area contributed by atoms with Gasteiger partial charge in [0.2, 0.25) is 10.0 Å². The maximum Gasteiger partial charge on any atom is 0.313 e. The highest BCUT2D eigenvalue weighted by Gasteiger charge is 2.26. The van der Waals surface area contributed by atoms with Crippen LogP contribution in [0.25, 0.3) is 0 Å². The monoisotopic (exact) mass is 429 g/mol. The van der Waals surface area contributed by atoms with Crippen molar-refractivity contribution in [1.29, 1.82) is 0 Å². The van der Waals surface area contributed by atoms with E-state index in [4.69, 9.17) is 0 Å². The standard InChI is InChI=1S/C18H27N3O5S2/c1-18(24,8-10-27-2)12-19-16(22)17(23)20-14-7-6-13-5-4-9-21(15(13)11-14)28(3,25)26/h6-7,11,24H,4-5,8-10,12H2,1-3H3,(H,19,22)(H,20,23)/t18-/m1/s1. The van der Waals surface area contributed by atoms with Crippen LogP contribution in [0.1, 0.15) is 25.3 Å². The highest BCUT2D eigenvalue weighted by molar-refractivity contribution is 7.98. The molecule has 0 aromatic heterocycles. The fraction of sp³-hybridized carbons (Fsp3) is 0.556. The highest BCUT2D eigenvalue weighted by atomic mass is 32.2. The number of carbonyl (C=O) groups excluding carboxylic acids is 2. The summed E-state index contributed by atoms with van der Waals surface area (Å²) >= 11 is 1.59. The minimum atomic E-state index is -3.42. The number of hydrogen-bond donors (Lipinski definition) is 3. The smallest absolute Gasteiger partial charge is 0.313 e. The van der Waals surface area contributed by atoms with Crippen molar-refractivity contribution in [2.24, 2.45) is 0 Å². The first-order valence-electron chi connectivity index (χ1n) is 8.95. The lowest BCUT2D eigenvalue weighted by Crippen LogP contribution is -2.44. The Bertz CT molecular complexity index is 840. The third-order valence-electron chi connectivity index (χ3n) is 4.50. The molecule has 3 N–H and O–H groups in total. The molecule has 0 radical (unpaired) electrons. The third kappa shape index (κ3) is 6.11. The molecule has 1 aromatic rings. The first kappa shape index (κ1) is 22.5. The summed E-state index contributed by atoms with van der Waals surface area (Å²) in [6, 6.07) is 4.97. The Morgan fingerprint density at radius 1 is 1.32 bits per heavy atom. The van der Waals surface area contributed by atoms with Crippen molar-refractivity contribution >= 4 is 45.0 Å². The van der Waals surface area contributed by atoms with Crippen LogP contribution < -0.4 is 14.9 Å². The van der Waals surface area contributed by atoms with E-state index >= 15 is 0 Å². The lowest BCUT2D eigenvalue weighted by Gasteiger charge is -2.29. The molecular formula is C18H27N3O5S2. The van der Waals surface area contributed by atoms with Crippen LogP contribution in [0.2, 0.25) is 0 Å². The summed E-state index contributed by atoms with van der Waals surface area (Å²) in [6.07, 6.45) is 5.03. The van der Waals surface area contributed by atoms with Crippen LogP contribution in [-0.2, 0) is 26.0 Å². The summed E-state index contributed by atoms with van der Waals surface area (Å²) in [7, 11) is -3.42. The van der Waals surface area contributed by atoms with Crippen LogP contribution in [0.5, 0.6) is 0 Å². The lowest BCUT2D eigenvalue weighted by atomic mass is 10.0. The quantitative estimate of drug-likeness (QED) is 0.556. The summed E-state index contributed by atoms with van der Waals surface area (Å²) < 4.78 is 25.3. The average molecular weight is 430 g/mol. The number of fused-ring (bicyclic) bond motifs is 1. The molecule has 0 fully saturated rings.